The van der Waals surface area contributed by atoms with Gasteiger partial charge in [-0.1, -0.05) is 0 Å². The van der Waals surface area contributed by atoms with E-state index in [1.54, 1.807) is 12.1 Å². The first-order chi connectivity index (χ1) is 10.1. The van der Waals surface area contributed by atoms with E-state index < -0.39 is 12.0 Å². The van der Waals surface area contributed by atoms with Crippen LogP contribution >= 0.6 is 0 Å². The molecule has 0 unspecified atom stereocenters. The van der Waals surface area contributed by atoms with Gasteiger partial charge in [-0.05, 0) is 12.1 Å². The lowest BCUT2D eigenvalue weighted by molar-refractivity contribution is -0.142. The third kappa shape index (κ3) is 2.90. The Balaban J connectivity index is 2.45. The van der Waals surface area contributed by atoms with E-state index in [0.717, 1.165) is 4.57 Å². The number of benzene rings is 1. The predicted octanol–water partition coefficient (Wildman–Crippen LogP) is 1.09. The molecule has 21 heavy (non-hydrogen) atoms. The van der Waals surface area contributed by atoms with E-state index in [0.29, 0.717) is 16.7 Å². The zero-order valence-corrected chi connectivity index (χ0v) is 11.0. The maximum Gasteiger partial charge on any atom is 0.343 e. The van der Waals surface area contributed by atoms with E-state index in [1.807, 2.05) is 0 Å². The number of ether oxygens (including phenoxy) is 2. The minimum absolute atomic E-state index is 0.262. The second-order valence-corrected chi connectivity index (χ2v) is 3.97. The van der Waals surface area contributed by atoms with Crippen molar-refractivity contribution in [2.45, 2.75) is 0 Å². The number of aliphatic imine (C=N–C) groups is 1. The standard InChI is InChI=1S/C13H11N3O5/c1-20-12(18)6-21-8-2-3-9-10(15-7-17)5-16(13(14)19)11(9)4-8/h2-5H,6H2,1H3,(H2,14,19). The molecule has 0 saturated heterocycles. The molecular formula is C13H11N3O5. The summed E-state index contributed by atoms with van der Waals surface area (Å²) in [5.74, 6) is -0.193. The number of hydrogen-bond acceptors (Lipinski definition) is 6. The van der Waals surface area contributed by atoms with Crippen LogP contribution in [0.2, 0.25) is 0 Å². The van der Waals surface area contributed by atoms with Crippen molar-refractivity contribution in [2.75, 3.05) is 13.7 Å². The topological polar surface area (TPSA) is 113 Å². The van der Waals surface area contributed by atoms with Gasteiger partial charge in [0.2, 0.25) is 6.08 Å². The van der Waals surface area contributed by atoms with Crippen LogP contribution in [0.3, 0.4) is 0 Å². The number of nitrogens with two attached hydrogens (primary N) is 1. The van der Waals surface area contributed by atoms with Gasteiger partial charge in [-0.3, -0.25) is 4.57 Å². The van der Waals surface area contributed by atoms with Gasteiger partial charge in [0.15, 0.2) is 6.61 Å². The number of esters is 1. The van der Waals surface area contributed by atoms with E-state index in [2.05, 4.69) is 9.73 Å². The van der Waals surface area contributed by atoms with Gasteiger partial charge in [-0.2, -0.15) is 4.99 Å². The highest BCUT2D eigenvalue weighted by Crippen LogP contribution is 2.30. The van der Waals surface area contributed by atoms with Crippen molar-refractivity contribution in [1.29, 1.82) is 0 Å². The fourth-order valence-corrected chi connectivity index (χ4v) is 1.80. The molecule has 0 aliphatic heterocycles. The molecule has 0 aliphatic carbocycles. The second kappa shape index (κ2) is 5.89. The number of carbonyl (C=O) groups excluding carboxylic acids is 3. The Kier molecular flexibility index (Phi) is 4.01. The summed E-state index contributed by atoms with van der Waals surface area (Å²) in [5.41, 5.74) is 5.92. The Morgan fingerprint density at radius 1 is 1.43 bits per heavy atom. The summed E-state index contributed by atoms with van der Waals surface area (Å²) in [6, 6.07) is 3.93. The summed E-state index contributed by atoms with van der Waals surface area (Å²) < 4.78 is 10.8. The van der Waals surface area contributed by atoms with Crippen molar-refractivity contribution >= 4 is 34.7 Å². The first-order valence-electron chi connectivity index (χ1n) is 5.79. The van der Waals surface area contributed by atoms with Gasteiger partial charge in [0.1, 0.15) is 11.4 Å². The van der Waals surface area contributed by atoms with Gasteiger partial charge in [0, 0.05) is 17.6 Å². The number of hydrogen-bond donors (Lipinski definition) is 1. The van der Waals surface area contributed by atoms with Gasteiger partial charge >= 0.3 is 12.0 Å². The fraction of sp³-hybridized carbons (Fsp3) is 0.154. The Morgan fingerprint density at radius 3 is 2.81 bits per heavy atom. The summed E-state index contributed by atoms with van der Waals surface area (Å²) in [6.45, 7) is -0.265. The Hall–Kier alpha value is -3.12. The molecule has 108 valence electrons. The van der Waals surface area contributed by atoms with E-state index in [9.17, 15) is 14.4 Å². The van der Waals surface area contributed by atoms with Gasteiger partial charge in [0.25, 0.3) is 0 Å². The van der Waals surface area contributed by atoms with Crippen LogP contribution in [0.15, 0.2) is 29.4 Å². The molecule has 0 saturated carbocycles. The summed E-state index contributed by atoms with van der Waals surface area (Å²) in [4.78, 5) is 36.3. The number of isocyanates is 1. The molecule has 1 aromatic heterocycles. The lowest BCUT2D eigenvalue weighted by Gasteiger charge is -2.05. The number of nitrogens with zero attached hydrogens (tertiary/aromatic N) is 2. The first kappa shape index (κ1) is 14.3. The number of amides is 1. The van der Waals surface area contributed by atoms with Crippen LogP contribution in [-0.2, 0) is 14.3 Å². The molecular weight excluding hydrogens is 278 g/mol. The van der Waals surface area contributed by atoms with Crippen molar-refractivity contribution in [3.63, 3.8) is 0 Å². The summed E-state index contributed by atoms with van der Waals surface area (Å²) in [7, 11) is 1.25. The fourth-order valence-electron chi connectivity index (χ4n) is 1.80. The highest BCUT2D eigenvalue weighted by atomic mass is 16.6. The first-order valence-corrected chi connectivity index (χ1v) is 5.79. The normalized spacial score (nSPS) is 9.95. The van der Waals surface area contributed by atoms with Crippen LogP contribution in [0.4, 0.5) is 10.5 Å². The lowest BCUT2D eigenvalue weighted by atomic mass is 10.2. The summed E-state index contributed by atoms with van der Waals surface area (Å²) >= 11 is 0. The number of aromatic nitrogens is 1. The number of rotatable bonds is 4. The zero-order valence-electron chi connectivity index (χ0n) is 11.0. The second-order valence-electron chi connectivity index (χ2n) is 3.97. The lowest BCUT2D eigenvalue weighted by Crippen LogP contribution is -2.18. The van der Waals surface area contributed by atoms with Crippen molar-refractivity contribution < 1.29 is 23.9 Å². The van der Waals surface area contributed by atoms with Crippen molar-refractivity contribution in [3.05, 3.63) is 24.4 Å². The smallest absolute Gasteiger partial charge is 0.343 e. The molecule has 2 rings (SSSR count). The molecule has 1 heterocycles. The van der Waals surface area contributed by atoms with E-state index in [4.69, 9.17) is 10.5 Å². The van der Waals surface area contributed by atoms with Crippen LogP contribution in [0.25, 0.3) is 10.9 Å². The largest absolute Gasteiger partial charge is 0.482 e. The van der Waals surface area contributed by atoms with Crippen LogP contribution < -0.4 is 10.5 Å². The Bertz CT molecular complexity index is 758. The maximum absolute atomic E-state index is 11.4. The van der Waals surface area contributed by atoms with E-state index in [1.165, 1.54) is 25.5 Å². The number of primary amides is 1. The average Bonchev–Trinajstić information content (AvgIpc) is 2.83. The monoisotopic (exact) mass is 289 g/mol. The quantitative estimate of drug-likeness (QED) is 0.514. The molecule has 8 nitrogen and oxygen atoms in total. The van der Waals surface area contributed by atoms with Crippen LogP contribution in [0.1, 0.15) is 0 Å². The van der Waals surface area contributed by atoms with Crippen LogP contribution in [-0.4, -0.2) is 36.4 Å². The molecule has 0 bridgehead atoms. The highest BCUT2D eigenvalue weighted by molar-refractivity contribution is 5.99. The Morgan fingerprint density at radius 2 is 2.19 bits per heavy atom. The minimum atomic E-state index is -0.738. The molecule has 0 spiro atoms. The minimum Gasteiger partial charge on any atom is -0.482 e. The molecule has 8 heteroatoms. The van der Waals surface area contributed by atoms with Gasteiger partial charge in [-0.25, -0.2) is 14.4 Å². The van der Waals surface area contributed by atoms with Crippen LogP contribution in [0.5, 0.6) is 5.75 Å². The molecule has 1 amide bonds. The number of carbonyl (C=O) groups is 2. The van der Waals surface area contributed by atoms with Gasteiger partial charge in [-0.15, -0.1) is 0 Å². The summed E-state index contributed by atoms with van der Waals surface area (Å²) in [6.07, 6.45) is 2.73. The molecule has 2 aromatic rings. The molecule has 0 fully saturated rings. The van der Waals surface area contributed by atoms with E-state index >= 15 is 0 Å². The highest BCUT2D eigenvalue weighted by Gasteiger charge is 2.13. The third-order valence-electron chi connectivity index (χ3n) is 2.74. The van der Waals surface area contributed by atoms with E-state index in [-0.39, 0.29) is 12.3 Å². The number of methoxy groups -OCH3 is 1. The van der Waals surface area contributed by atoms with Crippen LogP contribution in [0, 0.1) is 0 Å². The maximum atomic E-state index is 11.4. The molecule has 0 radical (unpaired) electrons. The summed E-state index contributed by atoms with van der Waals surface area (Å²) in [5, 5.41) is 0.530. The third-order valence-corrected chi connectivity index (χ3v) is 2.74. The number of fused-ring (bicyclic) bond motifs is 1. The zero-order chi connectivity index (χ0) is 15.4. The van der Waals surface area contributed by atoms with Gasteiger partial charge in [0.05, 0.1) is 12.6 Å². The molecule has 0 atom stereocenters. The molecule has 0 aliphatic rings. The van der Waals surface area contributed by atoms with Crippen molar-refractivity contribution in [3.8, 4) is 5.75 Å². The van der Waals surface area contributed by atoms with Crippen molar-refractivity contribution in [1.82, 2.24) is 4.57 Å². The molecule has 1 aromatic carbocycles. The SMILES string of the molecule is COC(=O)COc1ccc2c(N=C=O)cn(C(N)=O)c2c1. The predicted molar refractivity (Wildman–Crippen MR) is 72.2 cm³/mol. The van der Waals surface area contributed by atoms with Crippen molar-refractivity contribution in [2.24, 2.45) is 10.7 Å². The molecule has 2 N–H and O–H groups in total. The Labute approximate surface area is 118 Å². The average molecular weight is 289 g/mol. The van der Waals surface area contributed by atoms with Gasteiger partial charge < -0.3 is 15.2 Å².